The zero-order valence-corrected chi connectivity index (χ0v) is 15.4. The van der Waals surface area contributed by atoms with Gasteiger partial charge in [0, 0.05) is 28.0 Å². The zero-order chi connectivity index (χ0) is 16.7. The maximum atomic E-state index is 12.0. The van der Waals surface area contributed by atoms with E-state index in [1.54, 1.807) is 0 Å². The van der Waals surface area contributed by atoms with E-state index in [9.17, 15) is 4.79 Å². The van der Waals surface area contributed by atoms with Crippen LogP contribution in [0.4, 0.5) is 0 Å². The van der Waals surface area contributed by atoms with Crippen molar-refractivity contribution in [3.63, 3.8) is 0 Å². The van der Waals surface area contributed by atoms with E-state index in [4.69, 9.17) is 11.6 Å². The van der Waals surface area contributed by atoms with Gasteiger partial charge in [0.2, 0.25) is 0 Å². The summed E-state index contributed by atoms with van der Waals surface area (Å²) in [6.45, 7) is 3.08. The highest BCUT2D eigenvalue weighted by Gasteiger charge is 2.14. The fourth-order valence-corrected chi connectivity index (χ4v) is 2.76. The van der Waals surface area contributed by atoms with Crippen molar-refractivity contribution in [3.05, 3.63) is 69.2 Å². The first-order valence-electron chi connectivity index (χ1n) is 7.68. The third-order valence-corrected chi connectivity index (χ3v) is 4.51. The second-order valence-corrected chi connectivity index (χ2v) is 6.76. The lowest BCUT2D eigenvalue weighted by atomic mass is 10.0. The van der Waals surface area contributed by atoms with Crippen LogP contribution in [0.25, 0.3) is 0 Å². The van der Waals surface area contributed by atoms with E-state index in [-0.39, 0.29) is 5.91 Å². The van der Waals surface area contributed by atoms with Crippen LogP contribution < -0.4 is 10.6 Å². The summed E-state index contributed by atoms with van der Waals surface area (Å²) in [6.07, 6.45) is 0.978. The standard InChI is InChI=1S/C18H20BrClN2O/c1-2-17(14-5-7-15(19)8-6-14)21-12-18(23)22-11-13-3-9-16(20)10-4-13/h3-10,17,21H,2,11-12H2,1H3,(H,22,23)/p+1/t17-/m0/s1. The lowest BCUT2D eigenvalue weighted by molar-refractivity contribution is -0.686. The van der Waals surface area contributed by atoms with Gasteiger partial charge in [-0.25, -0.2) is 0 Å². The second kappa shape index (κ2) is 9.06. The van der Waals surface area contributed by atoms with Crippen LogP contribution in [-0.4, -0.2) is 12.5 Å². The molecular weight excluding hydrogens is 376 g/mol. The summed E-state index contributed by atoms with van der Waals surface area (Å²) in [5.74, 6) is 0.0375. The number of hydrogen-bond acceptors (Lipinski definition) is 1. The van der Waals surface area contributed by atoms with Gasteiger partial charge in [-0.15, -0.1) is 0 Å². The van der Waals surface area contributed by atoms with Gasteiger partial charge in [-0.2, -0.15) is 0 Å². The minimum absolute atomic E-state index is 0.0375. The third kappa shape index (κ3) is 5.98. The Hall–Kier alpha value is -1.36. The molecule has 2 aromatic carbocycles. The number of quaternary nitrogens is 1. The molecule has 1 amide bonds. The SMILES string of the molecule is CC[C@H]([NH2+]CC(=O)NCc1ccc(Cl)cc1)c1ccc(Br)cc1. The van der Waals surface area contributed by atoms with Crippen molar-refractivity contribution in [2.75, 3.05) is 6.54 Å². The average molecular weight is 397 g/mol. The highest BCUT2D eigenvalue weighted by Crippen LogP contribution is 2.16. The first-order valence-corrected chi connectivity index (χ1v) is 8.85. The van der Waals surface area contributed by atoms with Crippen LogP contribution in [0.3, 0.4) is 0 Å². The lowest BCUT2D eigenvalue weighted by Gasteiger charge is -2.14. The number of rotatable bonds is 7. The molecule has 0 aliphatic heterocycles. The monoisotopic (exact) mass is 395 g/mol. The second-order valence-electron chi connectivity index (χ2n) is 5.41. The van der Waals surface area contributed by atoms with Crippen molar-refractivity contribution in [3.8, 4) is 0 Å². The number of benzene rings is 2. The minimum Gasteiger partial charge on any atom is -0.347 e. The van der Waals surface area contributed by atoms with Crippen molar-refractivity contribution in [2.45, 2.75) is 25.9 Å². The Labute approximate surface area is 150 Å². The van der Waals surface area contributed by atoms with Gasteiger partial charge in [0.05, 0.1) is 0 Å². The van der Waals surface area contributed by atoms with E-state index in [1.165, 1.54) is 5.56 Å². The van der Waals surface area contributed by atoms with Crippen LogP contribution in [0.1, 0.15) is 30.5 Å². The van der Waals surface area contributed by atoms with Gasteiger partial charge in [0.15, 0.2) is 6.54 Å². The predicted molar refractivity (Wildman–Crippen MR) is 97.3 cm³/mol. The quantitative estimate of drug-likeness (QED) is 0.740. The third-order valence-electron chi connectivity index (χ3n) is 3.73. The molecule has 0 saturated carbocycles. The maximum absolute atomic E-state index is 12.0. The fourth-order valence-electron chi connectivity index (χ4n) is 2.37. The largest absolute Gasteiger partial charge is 0.347 e. The summed E-state index contributed by atoms with van der Waals surface area (Å²) >= 11 is 9.29. The summed E-state index contributed by atoms with van der Waals surface area (Å²) in [7, 11) is 0. The van der Waals surface area contributed by atoms with Crippen LogP contribution in [0.5, 0.6) is 0 Å². The van der Waals surface area contributed by atoms with Crippen molar-refractivity contribution in [1.82, 2.24) is 5.32 Å². The van der Waals surface area contributed by atoms with Crippen molar-refractivity contribution < 1.29 is 10.1 Å². The molecule has 0 bridgehead atoms. The highest BCUT2D eigenvalue weighted by molar-refractivity contribution is 9.10. The lowest BCUT2D eigenvalue weighted by Crippen LogP contribution is -2.87. The minimum atomic E-state index is 0.0375. The predicted octanol–water partition coefficient (Wildman–Crippen LogP) is 3.43. The number of carbonyl (C=O) groups is 1. The van der Waals surface area contributed by atoms with E-state index in [0.717, 1.165) is 16.5 Å². The number of hydrogen-bond donors (Lipinski definition) is 2. The summed E-state index contributed by atoms with van der Waals surface area (Å²) in [5.41, 5.74) is 2.28. The number of nitrogens with two attached hydrogens (primary N) is 1. The molecule has 2 aromatic rings. The molecule has 3 nitrogen and oxygen atoms in total. The average Bonchev–Trinajstić information content (AvgIpc) is 2.56. The molecule has 0 unspecified atom stereocenters. The number of amides is 1. The molecule has 0 fully saturated rings. The Kier molecular flexibility index (Phi) is 7.09. The number of nitrogens with one attached hydrogen (secondary N) is 1. The molecule has 1 atom stereocenters. The summed E-state index contributed by atoms with van der Waals surface area (Å²) in [4.78, 5) is 12.0. The summed E-state index contributed by atoms with van der Waals surface area (Å²) < 4.78 is 1.07. The fraction of sp³-hybridized carbons (Fsp3) is 0.278. The van der Waals surface area contributed by atoms with Crippen LogP contribution in [0.15, 0.2) is 53.0 Å². The van der Waals surface area contributed by atoms with Crippen LogP contribution >= 0.6 is 27.5 Å². The van der Waals surface area contributed by atoms with E-state index >= 15 is 0 Å². The Morgan fingerprint density at radius 3 is 2.43 bits per heavy atom. The molecule has 3 N–H and O–H groups in total. The van der Waals surface area contributed by atoms with E-state index in [1.807, 2.05) is 36.4 Å². The molecule has 0 heterocycles. The number of halogens is 2. The van der Waals surface area contributed by atoms with Crippen LogP contribution in [0, 0.1) is 0 Å². The van der Waals surface area contributed by atoms with E-state index < -0.39 is 0 Å². The normalized spacial score (nSPS) is 12.0. The Bertz CT molecular complexity index is 628. The molecule has 23 heavy (non-hydrogen) atoms. The summed E-state index contributed by atoms with van der Waals surface area (Å²) in [5, 5.41) is 5.72. The molecule has 5 heteroatoms. The first-order chi connectivity index (χ1) is 11.1. The Balaban J connectivity index is 1.80. The Morgan fingerprint density at radius 2 is 1.83 bits per heavy atom. The highest BCUT2D eigenvalue weighted by atomic mass is 79.9. The Morgan fingerprint density at radius 1 is 1.17 bits per heavy atom. The van der Waals surface area contributed by atoms with Gasteiger partial charge < -0.3 is 10.6 Å². The van der Waals surface area contributed by atoms with Crippen molar-refractivity contribution in [1.29, 1.82) is 0 Å². The molecule has 0 saturated heterocycles. The molecule has 2 rings (SSSR count). The first kappa shape index (κ1) is 18.0. The zero-order valence-electron chi connectivity index (χ0n) is 13.1. The topological polar surface area (TPSA) is 45.7 Å². The molecule has 0 aromatic heterocycles. The molecule has 0 aliphatic rings. The van der Waals surface area contributed by atoms with Crippen LogP contribution in [0.2, 0.25) is 5.02 Å². The van der Waals surface area contributed by atoms with Gasteiger partial charge in [-0.3, -0.25) is 4.79 Å². The molecule has 0 aliphatic carbocycles. The van der Waals surface area contributed by atoms with E-state index in [2.05, 4.69) is 45.6 Å². The molecule has 122 valence electrons. The van der Waals surface area contributed by atoms with Gasteiger partial charge in [0.25, 0.3) is 5.91 Å². The van der Waals surface area contributed by atoms with E-state index in [0.29, 0.717) is 24.2 Å². The number of carbonyl (C=O) groups excluding carboxylic acids is 1. The van der Waals surface area contributed by atoms with Gasteiger partial charge in [-0.05, 0) is 29.8 Å². The van der Waals surface area contributed by atoms with Crippen molar-refractivity contribution >= 4 is 33.4 Å². The molecule has 0 radical (unpaired) electrons. The maximum Gasteiger partial charge on any atom is 0.275 e. The van der Waals surface area contributed by atoms with Crippen molar-refractivity contribution in [2.24, 2.45) is 0 Å². The smallest absolute Gasteiger partial charge is 0.275 e. The summed E-state index contributed by atoms with van der Waals surface area (Å²) in [6, 6.07) is 16.1. The van der Waals surface area contributed by atoms with Gasteiger partial charge in [0.1, 0.15) is 6.04 Å². The van der Waals surface area contributed by atoms with Gasteiger partial charge in [-0.1, -0.05) is 58.7 Å². The molecular formula is C18H21BrClN2O+. The molecule has 0 spiro atoms. The van der Waals surface area contributed by atoms with Crippen LogP contribution in [-0.2, 0) is 11.3 Å². The van der Waals surface area contributed by atoms with Gasteiger partial charge >= 0.3 is 0 Å².